The lowest BCUT2D eigenvalue weighted by Gasteiger charge is -2.28. The third-order valence-corrected chi connectivity index (χ3v) is 3.94. The number of hydrogen-bond acceptors (Lipinski definition) is 4. The molecule has 8 heteroatoms. The van der Waals surface area contributed by atoms with Crippen LogP contribution in [-0.2, 0) is 0 Å². The quantitative estimate of drug-likeness (QED) is 0.841. The largest absolute Gasteiger partial charge is 0.447 e. The zero-order valence-electron chi connectivity index (χ0n) is 11.4. The number of carbonyl (C=O) groups excluding carboxylic acids is 1. The van der Waals surface area contributed by atoms with Gasteiger partial charge < -0.3 is 10.6 Å². The van der Waals surface area contributed by atoms with Crippen molar-refractivity contribution >= 4 is 17.7 Å². The van der Waals surface area contributed by atoms with E-state index < -0.39 is 11.4 Å². The number of nitrogens with one attached hydrogen (secondary N) is 2. The SMILES string of the molecule is CC1CC(NC(=O)c2cccnc2SC(F)(F)F)CCN1. The summed E-state index contributed by atoms with van der Waals surface area (Å²) < 4.78 is 37.4. The lowest BCUT2D eigenvalue weighted by molar-refractivity contribution is -0.0329. The molecule has 1 aromatic rings. The van der Waals surface area contributed by atoms with Gasteiger partial charge in [-0.05, 0) is 38.4 Å². The summed E-state index contributed by atoms with van der Waals surface area (Å²) in [6.45, 7) is 2.79. The van der Waals surface area contributed by atoms with Crippen LogP contribution in [0.4, 0.5) is 13.2 Å². The first kappa shape index (κ1) is 16.1. The Morgan fingerprint density at radius 3 is 2.95 bits per heavy atom. The molecule has 2 unspecified atom stereocenters. The van der Waals surface area contributed by atoms with Gasteiger partial charge in [0.15, 0.2) is 0 Å². The molecule has 0 radical (unpaired) electrons. The third-order valence-electron chi connectivity index (χ3n) is 3.19. The van der Waals surface area contributed by atoms with Crippen LogP contribution in [0.15, 0.2) is 23.4 Å². The highest BCUT2D eigenvalue weighted by atomic mass is 32.2. The fraction of sp³-hybridized carbons (Fsp3) is 0.538. The molecule has 2 N–H and O–H groups in total. The Kier molecular flexibility index (Phi) is 5.10. The van der Waals surface area contributed by atoms with Crippen LogP contribution in [0.5, 0.6) is 0 Å². The standard InChI is InChI=1S/C13H16F3N3OS/c1-8-7-9(4-6-17-8)19-11(20)10-3-2-5-18-12(10)21-13(14,15)16/h2-3,5,8-9,17H,4,6-7H2,1H3,(H,19,20). The molecule has 0 spiro atoms. The van der Waals surface area contributed by atoms with E-state index in [1.807, 2.05) is 6.92 Å². The van der Waals surface area contributed by atoms with E-state index in [1.54, 1.807) is 0 Å². The predicted octanol–water partition coefficient (Wildman–Crippen LogP) is 2.56. The van der Waals surface area contributed by atoms with Gasteiger partial charge in [0.2, 0.25) is 0 Å². The van der Waals surface area contributed by atoms with Crippen molar-refractivity contribution in [3.63, 3.8) is 0 Å². The maximum atomic E-state index is 12.5. The minimum absolute atomic E-state index is 0.0299. The molecule has 4 nitrogen and oxygen atoms in total. The molecule has 21 heavy (non-hydrogen) atoms. The summed E-state index contributed by atoms with van der Waals surface area (Å²) in [5, 5.41) is 5.73. The second kappa shape index (κ2) is 6.65. The van der Waals surface area contributed by atoms with Gasteiger partial charge in [-0.25, -0.2) is 4.98 Å². The van der Waals surface area contributed by atoms with Crippen LogP contribution in [0.2, 0.25) is 0 Å². The van der Waals surface area contributed by atoms with Crippen LogP contribution in [-0.4, -0.2) is 35.0 Å². The van der Waals surface area contributed by atoms with Gasteiger partial charge in [0.25, 0.3) is 5.91 Å². The Labute approximate surface area is 124 Å². The number of rotatable bonds is 3. The molecule has 2 rings (SSSR count). The van der Waals surface area contributed by atoms with Gasteiger partial charge in [-0.15, -0.1) is 0 Å². The minimum Gasteiger partial charge on any atom is -0.349 e. The molecule has 0 saturated carbocycles. The topological polar surface area (TPSA) is 54.0 Å². The van der Waals surface area contributed by atoms with Crippen molar-refractivity contribution in [2.45, 2.75) is 42.4 Å². The number of nitrogens with zero attached hydrogens (tertiary/aromatic N) is 1. The molecule has 1 aliphatic rings. The van der Waals surface area contributed by atoms with Crippen molar-refractivity contribution in [1.29, 1.82) is 0 Å². The summed E-state index contributed by atoms with van der Waals surface area (Å²) in [5.41, 5.74) is -4.50. The summed E-state index contributed by atoms with van der Waals surface area (Å²) in [4.78, 5) is 15.8. The molecular formula is C13H16F3N3OS. The maximum absolute atomic E-state index is 12.5. The number of carbonyl (C=O) groups is 1. The molecule has 116 valence electrons. The number of piperidine rings is 1. The van der Waals surface area contributed by atoms with Crippen molar-refractivity contribution in [2.75, 3.05) is 6.54 Å². The Balaban J connectivity index is 2.08. The van der Waals surface area contributed by atoms with Crippen molar-refractivity contribution in [2.24, 2.45) is 0 Å². The molecule has 1 fully saturated rings. The Bertz CT molecular complexity index is 510. The van der Waals surface area contributed by atoms with E-state index in [4.69, 9.17) is 0 Å². The Morgan fingerprint density at radius 2 is 2.29 bits per heavy atom. The fourth-order valence-corrected chi connectivity index (χ4v) is 2.88. The number of thioether (sulfide) groups is 1. The van der Waals surface area contributed by atoms with Gasteiger partial charge in [0.1, 0.15) is 5.03 Å². The predicted molar refractivity (Wildman–Crippen MR) is 74.1 cm³/mol. The molecule has 0 aliphatic carbocycles. The fourth-order valence-electron chi connectivity index (χ4n) is 2.28. The maximum Gasteiger partial charge on any atom is 0.447 e. The van der Waals surface area contributed by atoms with Crippen LogP contribution >= 0.6 is 11.8 Å². The summed E-state index contributed by atoms with van der Waals surface area (Å²) in [6, 6.07) is 3.07. The summed E-state index contributed by atoms with van der Waals surface area (Å²) in [7, 11) is 0. The van der Waals surface area contributed by atoms with E-state index in [0.29, 0.717) is 0 Å². The molecular weight excluding hydrogens is 303 g/mol. The van der Waals surface area contributed by atoms with E-state index in [2.05, 4.69) is 15.6 Å². The lowest BCUT2D eigenvalue weighted by atomic mass is 10.0. The normalized spacial score (nSPS) is 22.9. The second-order valence-electron chi connectivity index (χ2n) is 4.95. The van der Waals surface area contributed by atoms with Crippen molar-refractivity contribution in [3.8, 4) is 0 Å². The smallest absolute Gasteiger partial charge is 0.349 e. The van der Waals surface area contributed by atoms with Gasteiger partial charge in [0.05, 0.1) is 5.56 Å². The molecule has 2 atom stereocenters. The van der Waals surface area contributed by atoms with Gasteiger partial charge in [-0.1, -0.05) is 0 Å². The van der Waals surface area contributed by atoms with Crippen LogP contribution in [0.3, 0.4) is 0 Å². The second-order valence-corrected chi connectivity index (χ2v) is 6.01. The zero-order valence-corrected chi connectivity index (χ0v) is 12.2. The number of pyridine rings is 1. The lowest BCUT2D eigenvalue weighted by Crippen LogP contribution is -2.46. The minimum atomic E-state index is -4.47. The number of alkyl halides is 3. The van der Waals surface area contributed by atoms with Gasteiger partial charge in [0, 0.05) is 30.0 Å². The molecule has 1 aromatic heterocycles. The monoisotopic (exact) mass is 319 g/mol. The Hall–Kier alpha value is -1.28. The first-order chi connectivity index (χ1) is 9.85. The van der Waals surface area contributed by atoms with Gasteiger partial charge in [-0.2, -0.15) is 13.2 Å². The number of amides is 1. The average Bonchev–Trinajstić information content (AvgIpc) is 2.37. The van der Waals surface area contributed by atoms with Crippen molar-refractivity contribution in [3.05, 3.63) is 23.9 Å². The first-order valence-electron chi connectivity index (χ1n) is 6.60. The highest BCUT2D eigenvalue weighted by Crippen LogP contribution is 2.37. The van der Waals surface area contributed by atoms with Crippen LogP contribution in [0.25, 0.3) is 0 Å². The number of aromatic nitrogens is 1. The van der Waals surface area contributed by atoms with Crippen molar-refractivity contribution < 1.29 is 18.0 Å². The van der Waals surface area contributed by atoms with E-state index in [-0.39, 0.29) is 34.4 Å². The average molecular weight is 319 g/mol. The molecule has 1 amide bonds. The first-order valence-corrected chi connectivity index (χ1v) is 7.42. The van der Waals surface area contributed by atoms with Crippen LogP contribution in [0, 0.1) is 0 Å². The molecule has 2 heterocycles. The van der Waals surface area contributed by atoms with Crippen molar-refractivity contribution in [1.82, 2.24) is 15.6 Å². The van der Waals surface area contributed by atoms with Gasteiger partial charge >= 0.3 is 5.51 Å². The van der Waals surface area contributed by atoms with Crippen LogP contribution in [0.1, 0.15) is 30.1 Å². The molecule has 0 aromatic carbocycles. The van der Waals surface area contributed by atoms with E-state index in [9.17, 15) is 18.0 Å². The molecule has 1 saturated heterocycles. The summed E-state index contributed by atoms with van der Waals surface area (Å²) in [6.07, 6.45) is 2.77. The van der Waals surface area contributed by atoms with E-state index >= 15 is 0 Å². The summed E-state index contributed by atoms with van der Waals surface area (Å²) >= 11 is -0.366. The van der Waals surface area contributed by atoms with E-state index in [0.717, 1.165) is 19.4 Å². The summed E-state index contributed by atoms with van der Waals surface area (Å²) in [5.74, 6) is -0.506. The third kappa shape index (κ3) is 4.89. The number of halogens is 3. The Morgan fingerprint density at radius 1 is 1.52 bits per heavy atom. The number of hydrogen-bond donors (Lipinski definition) is 2. The highest BCUT2D eigenvalue weighted by Gasteiger charge is 2.32. The van der Waals surface area contributed by atoms with E-state index in [1.165, 1.54) is 18.3 Å². The molecule has 0 bridgehead atoms. The highest BCUT2D eigenvalue weighted by molar-refractivity contribution is 8.00. The van der Waals surface area contributed by atoms with Gasteiger partial charge in [-0.3, -0.25) is 4.79 Å². The zero-order chi connectivity index (χ0) is 15.5. The van der Waals surface area contributed by atoms with Crippen LogP contribution < -0.4 is 10.6 Å². The molecule has 1 aliphatic heterocycles.